The summed E-state index contributed by atoms with van der Waals surface area (Å²) in [6.07, 6.45) is 0. The molecule has 0 aliphatic heterocycles. The van der Waals surface area contributed by atoms with Crippen molar-refractivity contribution in [3.8, 4) is 0 Å². The van der Waals surface area contributed by atoms with Crippen LogP contribution in [0.15, 0.2) is 4.79 Å². The summed E-state index contributed by atoms with van der Waals surface area (Å²) in [5.74, 6) is 0. The van der Waals surface area contributed by atoms with E-state index >= 15 is 0 Å². The Labute approximate surface area is 70.3 Å². The highest BCUT2D eigenvalue weighted by Gasteiger charge is 2.18. The van der Waals surface area contributed by atoms with Gasteiger partial charge in [0, 0.05) is 16.0 Å². The molecule has 0 unspecified atom stereocenters. The summed E-state index contributed by atoms with van der Waals surface area (Å²) >= 11 is 1.28. The monoisotopic (exact) mass is 171 g/mol. The summed E-state index contributed by atoms with van der Waals surface area (Å²) in [6.45, 7) is 8.26. The number of thiazole rings is 1. The van der Waals surface area contributed by atoms with E-state index in [9.17, 15) is 4.79 Å². The molecule has 1 aromatic rings. The van der Waals surface area contributed by atoms with Gasteiger partial charge in [-0.15, -0.1) is 0 Å². The largest absolute Gasteiger partial charge is 0.316 e. The van der Waals surface area contributed by atoms with Gasteiger partial charge in [-0.05, 0) is 6.92 Å². The molecule has 1 N–H and O–H groups in total. The summed E-state index contributed by atoms with van der Waals surface area (Å²) in [6, 6.07) is 0. The van der Waals surface area contributed by atoms with Gasteiger partial charge in [0.1, 0.15) is 0 Å². The molecule has 0 saturated carbocycles. The summed E-state index contributed by atoms with van der Waals surface area (Å²) in [5.41, 5.74) is 1.12. The molecule has 1 aromatic heterocycles. The quantitative estimate of drug-likeness (QED) is 0.636. The maximum atomic E-state index is 10.9. The second-order valence-corrected chi connectivity index (χ2v) is 4.88. The molecule has 0 aromatic carbocycles. The molecule has 0 radical (unpaired) electrons. The zero-order valence-electron chi connectivity index (χ0n) is 7.32. The van der Waals surface area contributed by atoms with Gasteiger partial charge in [-0.2, -0.15) is 0 Å². The molecule has 0 saturated heterocycles. The van der Waals surface area contributed by atoms with Gasteiger partial charge in [0.05, 0.1) is 0 Å². The van der Waals surface area contributed by atoms with Crippen molar-refractivity contribution < 1.29 is 0 Å². The van der Waals surface area contributed by atoms with Crippen molar-refractivity contribution in [2.75, 3.05) is 0 Å². The lowest BCUT2D eigenvalue weighted by Gasteiger charge is -2.16. The summed E-state index contributed by atoms with van der Waals surface area (Å²) in [5, 5.41) is 0. The van der Waals surface area contributed by atoms with E-state index in [0.717, 1.165) is 10.6 Å². The first-order valence-corrected chi connectivity index (χ1v) is 4.43. The molecule has 1 rings (SSSR count). The average molecular weight is 171 g/mol. The maximum absolute atomic E-state index is 10.9. The third kappa shape index (κ3) is 1.71. The second-order valence-electron chi connectivity index (χ2n) is 3.70. The minimum atomic E-state index is 0.0485. The second kappa shape index (κ2) is 2.48. The molecule has 0 fully saturated rings. The molecular weight excluding hydrogens is 158 g/mol. The van der Waals surface area contributed by atoms with Gasteiger partial charge < -0.3 is 4.98 Å². The topological polar surface area (TPSA) is 32.9 Å². The molecule has 62 valence electrons. The predicted molar refractivity (Wildman–Crippen MR) is 48.4 cm³/mol. The summed E-state index contributed by atoms with van der Waals surface area (Å²) in [7, 11) is 0. The third-order valence-electron chi connectivity index (χ3n) is 1.57. The van der Waals surface area contributed by atoms with Crippen molar-refractivity contribution in [2.24, 2.45) is 0 Å². The van der Waals surface area contributed by atoms with E-state index in [4.69, 9.17) is 0 Å². The smallest absolute Gasteiger partial charge is 0.304 e. The van der Waals surface area contributed by atoms with Crippen LogP contribution >= 0.6 is 11.3 Å². The average Bonchev–Trinajstić information content (AvgIpc) is 2.08. The van der Waals surface area contributed by atoms with E-state index in [-0.39, 0.29) is 10.3 Å². The lowest BCUT2D eigenvalue weighted by atomic mass is 9.92. The van der Waals surface area contributed by atoms with Gasteiger partial charge >= 0.3 is 4.87 Å². The van der Waals surface area contributed by atoms with E-state index in [1.165, 1.54) is 11.3 Å². The predicted octanol–water partition coefficient (Wildman–Crippen LogP) is 2.04. The Kier molecular flexibility index (Phi) is 1.92. The fourth-order valence-corrected chi connectivity index (χ4v) is 2.01. The normalized spacial score (nSPS) is 12.0. The van der Waals surface area contributed by atoms with Crippen LogP contribution in [0.3, 0.4) is 0 Å². The maximum Gasteiger partial charge on any atom is 0.304 e. The van der Waals surface area contributed by atoms with Crippen molar-refractivity contribution >= 4 is 11.3 Å². The van der Waals surface area contributed by atoms with Crippen LogP contribution in [0.1, 0.15) is 31.3 Å². The van der Waals surface area contributed by atoms with E-state index in [1.807, 2.05) is 6.92 Å². The Morgan fingerprint density at radius 1 is 1.36 bits per heavy atom. The van der Waals surface area contributed by atoms with E-state index in [2.05, 4.69) is 25.8 Å². The molecule has 0 atom stereocenters. The minimum absolute atomic E-state index is 0.0485. The van der Waals surface area contributed by atoms with Crippen LogP contribution in [-0.4, -0.2) is 4.98 Å². The molecule has 0 spiro atoms. The molecule has 1 heterocycles. The van der Waals surface area contributed by atoms with Crippen LogP contribution in [0, 0.1) is 6.92 Å². The number of nitrogens with one attached hydrogen (secondary N) is 1. The van der Waals surface area contributed by atoms with Gasteiger partial charge in [0.2, 0.25) is 0 Å². The number of aromatic nitrogens is 1. The molecular formula is C8H13NOS. The first kappa shape index (κ1) is 8.53. The van der Waals surface area contributed by atoms with E-state index < -0.39 is 0 Å². The summed E-state index contributed by atoms with van der Waals surface area (Å²) in [4.78, 5) is 14.9. The van der Waals surface area contributed by atoms with E-state index in [1.54, 1.807) is 0 Å². The number of hydrogen-bond donors (Lipinski definition) is 1. The van der Waals surface area contributed by atoms with Crippen LogP contribution in [0.2, 0.25) is 0 Å². The lowest BCUT2D eigenvalue weighted by Crippen LogP contribution is -2.14. The van der Waals surface area contributed by atoms with Crippen LogP contribution in [0.4, 0.5) is 0 Å². The Morgan fingerprint density at radius 3 is 2.09 bits per heavy atom. The van der Waals surface area contributed by atoms with Gasteiger partial charge in [0.25, 0.3) is 0 Å². The first-order valence-electron chi connectivity index (χ1n) is 3.61. The Hall–Kier alpha value is -0.570. The molecule has 0 aliphatic carbocycles. The highest BCUT2D eigenvalue weighted by Crippen LogP contribution is 2.23. The van der Waals surface area contributed by atoms with Crippen molar-refractivity contribution in [3.63, 3.8) is 0 Å². The fourth-order valence-electron chi connectivity index (χ4n) is 1.12. The Balaban J connectivity index is 3.24. The third-order valence-corrected chi connectivity index (χ3v) is 2.37. The number of hydrogen-bond acceptors (Lipinski definition) is 2. The molecule has 3 heteroatoms. The van der Waals surface area contributed by atoms with Crippen LogP contribution in [-0.2, 0) is 5.41 Å². The van der Waals surface area contributed by atoms with Crippen LogP contribution in [0.5, 0.6) is 0 Å². The Bertz CT molecular complexity index is 303. The Morgan fingerprint density at radius 2 is 1.91 bits per heavy atom. The van der Waals surface area contributed by atoms with Crippen molar-refractivity contribution in [1.82, 2.24) is 4.98 Å². The lowest BCUT2D eigenvalue weighted by molar-refractivity contribution is 0.568. The van der Waals surface area contributed by atoms with Gasteiger partial charge in [-0.1, -0.05) is 32.1 Å². The summed E-state index contributed by atoms with van der Waals surface area (Å²) < 4.78 is 0. The molecule has 0 aliphatic rings. The SMILES string of the molecule is Cc1sc(=O)[nH]c1C(C)(C)C. The van der Waals surface area contributed by atoms with Crippen molar-refractivity contribution in [3.05, 3.63) is 20.2 Å². The minimum Gasteiger partial charge on any atom is -0.316 e. The molecule has 0 bridgehead atoms. The van der Waals surface area contributed by atoms with Gasteiger partial charge in [-0.25, -0.2) is 0 Å². The molecule has 11 heavy (non-hydrogen) atoms. The zero-order valence-corrected chi connectivity index (χ0v) is 8.13. The first-order chi connectivity index (χ1) is 4.91. The van der Waals surface area contributed by atoms with E-state index in [0.29, 0.717) is 0 Å². The van der Waals surface area contributed by atoms with Crippen LogP contribution < -0.4 is 4.87 Å². The highest BCUT2D eigenvalue weighted by molar-refractivity contribution is 7.09. The number of rotatable bonds is 0. The van der Waals surface area contributed by atoms with Crippen LogP contribution in [0.25, 0.3) is 0 Å². The highest BCUT2D eigenvalue weighted by atomic mass is 32.1. The van der Waals surface area contributed by atoms with Crippen molar-refractivity contribution in [1.29, 1.82) is 0 Å². The zero-order chi connectivity index (χ0) is 8.65. The van der Waals surface area contributed by atoms with Gasteiger partial charge in [0.15, 0.2) is 0 Å². The molecule has 2 nitrogen and oxygen atoms in total. The van der Waals surface area contributed by atoms with Crippen molar-refractivity contribution in [2.45, 2.75) is 33.1 Å². The number of aromatic amines is 1. The number of H-pyrrole nitrogens is 1. The molecule has 0 amide bonds. The number of aryl methyl sites for hydroxylation is 1. The fraction of sp³-hybridized carbons (Fsp3) is 0.625. The standard InChI is InChI=1S/C8H13NOS/c1-5-6(8(2,3)4)9-7(10)11-5/h1-4H3,(H,9,10). The van der Waals surface area contributed by atoms with Gasteiger partial charge in [-0.3, -0.25) is 4.79 Å².